The van der Waals surface area contributed by atoms with Crippen molar-refractivity contribution in [2.75, 3.05) is 0 Å². The van der Waals surface area contributed by atoms with E-state index >= 15 is 0 Å². The third-order valence-electron chi connectivity index (χ3n) is 5.84. The minimum Gasteiger partial charge on any atom is -0.369 e. The Morgan fingerprint density at radius 3 is 2.74 bits per heavy atom. The summed E-state index contributed by atoms with van der Waals surface area (Å²) in [6, 6.07) is 7.41. The van der Waals surface area contributed by atoms with E-state index in [1.54, 1.807) is 4.90 Å². The van der Waals surface area contributed by atoms with Gasteiger partial charge >= 0.3 is 0 Å². The molecule has 2 amide bonds. The molecule has 3 atom stereocenters. The second-order valence-electron chi connectivity index (χ2n) is 7.42. The molecule has 1 aromatic heterocycles. The molecule has 0 spiro atoms. The largest absolute Gasteiger partial charge is 0.369 e. The van der Waals surface area contributed by atoms with E-state index in [9.17, 15) is 9.59 Å². The molecule has 141 valence electrons. The van der Waals surface area contributed by atoms with E-state index in [1.807, 2.05) is 31.2 Å². The summed E-state index contributed by atoms with van der Waals surface area (Å²) in [6.07, 6.45) is 2.96. The SMILES string of the molecule is [CH2][C@H]1C[C@@]2(C(N)=O)CCC[C@@H]2N1C(=O)c1nc(C)sc1-c1ccc(Br)cc1. The number of halogens is 1. The molecule has 2 aliphatic rings. The molecule has 1 saturated heterocycles. The summed E-state index contributed by atoms with van der Waals surface area (Å²) in [5.41, 5.74) is 6.52. The van der Waals surface area contributed by atoms with Crippen LogP contribution in [-0.4, -0.2) is 33.8 Å². The van der Waals surface area contributed by atoms with Crippen LogP contribution in [0, 0.1) is 19.3 Å². The van der Waals surface area contributed by atoms with Gasteiger partial charge in [-0.3, -0.25) is 9.59 Å². The van der Waals surface area contributed by atoms with Gasteiger partial charge in [0, 0.05) is 16.6 Å². The zero-order valence-corrected chi connectivity index (χ0v) is 17.5. The quantitative estimate of drug-likeness (QED) is 0.774. The topological polar surface area (TPSA) is 76.3 Å². The van der Waals surface area contributed by atoms with E-state index < -0.39 is 5.41 Å². The number of carbonyl (C=O) groups is 2. The maximum absolute atomic E-state index is 13.5. The van der Waals surface area contributed by atoms with Gasteiger partial charge in [0.15, 0.2) is 0 Å². The van der Waals surface area contributed by atoms with Gasteiger partial charge in [-0.05, 0) is 50.8 Å². The second kappa shape index (κ2) is 6.71. The Balaban J connectivity index is 1.74. The van der Waals surface area contributed by atoms with Gasteiger partial charge in [0.05, 0.1) is 15.3 Å². The summed E-state index contributed by atoms with van der Waals surface area (Å²) in [5.74, 6) is -0.455. The minimum absolute atomic E-state index is 0.146. The van der Waals surface area contributed by atoms with Crippen LogP contribution < -0.4 is 5.73 Å². The second-order valence-corrected chi connectivity index (χ2v) is 9.54. The van der Waals surface area contributed by atoms with E-state index in [1.165, 1.54) is 11.3 Å². The number of likely N-dealkylation sites (tertiary alicyclic amines) is 1. The standard InChI is InChI=1S/C20H21BrN3O2S/c1-11-10-20(19(22)26)9-3-4-15(20)24(11)18(25)16-17(27-12(2)23-16)13-5-7-14(21)8-6-13/h5-8,11,15H,1,3-4,9-10H2,2H3,(H2,22,26)/t11-,15-,20-/m0/s1. The molecule has 27 heavy (non-hydrogen) atoms. The van der Waals surface area contributed by atoms with Crippen molar-refractivity contribution in [3.8, 4) is 10.4 Å². The molecule has 4 rings (SSSR count). The van der Waals surface area contributed by atoms with Gasteiger partial charge in [-0.1, -0.05) is 34.5 Å². The average molecular weight is 447 g/mol. The highest BCUT2D eigenvalue weighted by atomic mass is 79.9. The van der Waals surface area contributed by atoms with E-state index in [4.69, 9.17) is 5.73 Å². The van der Waals surface area contributed by atoms with Crippen molar-refractivity contribution in [2.45, 2.75) is 44.7 Å². The number of fused-ring (bicyclic) bond motifs is 1. The summed E-state index contributed by atoms with van der Waals surface area (Å²) < 4.78 is 0.981. The number of aromatic nitrogens is 1. The highest BCUT2D eigenvalue weighted by molar-refractivity contribution is 9.10. The van der Waals surface area contributed by atoms with Crippen LogP contribution in [0.5, 0.6) is 0 Å². The van der Waals surface area contributed by atoms with Crippen molar-refractivity contribution < 1.29 is 9.59 Å². The summed E-state index contributed by atoms with van der Waals surface area (Å²) in [5, 5.41) is 0.837. The molecule has 2 heterocycles. The normalized spacial score (nSPS) is 27.0. The molecule has 5 nitrogen and oxygen atoms in total. The fourth-order valence-corrected chi connectivity index (χ4v) is 5.84. The van der Waals surface area contributed by atoms with Crippen LogP contribution >= 0.6 is 27.3 Å². The molecule has 2 aromatic rings. The predicted molar refractivity (Wildman–Crippen MR) is 109 cm³/mol. The van der Waals surface area contributed by atoms with Crippen molar-refractivity contribution in [1.29, 1.82) is 0 Å². The Morgan fingerprint density at radius 2 is 2.07 bits per heavy atom. The van der Waals surface area contributed by atoms with Crippen LogP contribution in [0.3, 0.4) is 0 Å². The van der Waals surface area contributed by atoms with Gasteiger partial charge in [-0.25, -0.2) is 4.98 Å². The lowest BCUT2D eigenvalue weighted by atomic mass is 9.80. The molecule has 1 aromatic carbocycles. The lowest BCUT2D eigenvalue weighted by Gasteiger charge is -2.30. The number of nitrogens with two attached hydrogens (primary N) is 1. The van der Waals surface area contributed by atoms with Gasteiger partial charge in [0.2, 0.25) is 5.91 Å². The maximum atomic E-state index is 13.5. The predicted octanol–water partition coefficient (Wildman–Crippen LogP) is 3.95. The molecule has 7 heteroatoms. The lowest BCUT2D eigenvalue weighted by molar-refractivity contribution is -0.127. The van der Waals surface area contributed by atoms with Crippen molar-refractivity contribution in [3.63, 3.8) is 0 Å². The third kappa shape index (κ3) is 2.91. The summed E-state index contributed by atoms with van der Waals surface area (Å²) in [7, 11) is 0. The molecule has 0 bridgehead atoms. The van der Waals surface area contributed by atoms with E-state index in [0.29, 0.717) is 12.1 Å². The molecule has 1 aliphatic heterocycles. The number of amides is 2. The zero-order valence-electron chi connectivity index (χ0n) is 15.1. The first kappa shape index (κ1) is 18.6. The summed E-state index contributed by atoms with van der Waals surface area (Å²) >= 11 is 4.95. The Labute approximate surface area is 171 Å². The molecule has 2 N–H and O–H groups in total. The van der Waals surface area contributed by atoms with E-state index in [2.05, 4.69) is 27.8 Å². The van der Waals surface area contributed by atoms with Crippen LogP contribution in [0.15, 0.2) is 28.7 Å². The molecular formula is C20H21BrN3O2S. The van der Waals surface area contributed by atoms with Gasteiger partial charge in [-0.15, -0.1) is 11.3 Å². The number of benzene rings is 1. The smallest absolute Gasteiger partial charge is 0.274 e. The number of carbonyl (C=O) groups excluding carboxylic acids is 2. The van der Waals surface area contributed by atoms with Gasteiger partial charge in [0.1, 0.15) is 5.69 Å². The molecule has 2 fully saturated rings. The number of aryl methyl sites for hydroxylation is 1. The van der Waals surface area contributed by atoms with Crippen LogP contribution in [0.25, 0.3) is 10.4 Å². The molecule has 1 radical (unpaired) electrons. The van der Waals surface area contributed by atoms with Crippen LogP contribution in [0.4, 0.5) is 0 Å². The average Bonchev–Trinajstić information content (AvgIpc) is 3.27. The van der Waals surface area contributed by atoms with Crippen LogP contribution in [0.1, 0.15) is 41.2 Å². The number of nitrogens with zero attached hydrogens (tertiary/aromatic N) is 2. The molecular weight excluding hydrogens is 426 g/mol. The number of hydrogen-bond donors (Lipinski definition) is 1. The first-order valence-corrected chi connectivity index (χ1v) is 10.6. The van der Waals surface area contributed by atoms with E-state index in [-0.39, 0.29) is 23.9 Å². The van der Waals surface area contributed by atoms with Crippen LogP contribution in [-0.2, 0) is 4.79 Å². The molecule has 0 unspecified atom stereocenters. The molecule has 1 saturated carbocycles. The molecule has 1 aliphatic carbocycles. The monoisotopic (exact) mass is 446 g/mol. The summed E-state index contributed by atoms with van der Waals surface area (Å²) in [6.45, 7) is 6.06. The zero-order chi connectivity index (χ0) is 19.3. The number of rotatable bonds is 3. The summed E-state index contributed by atoms with van der Waals surface area (Å²) in [4.78, 5) is 32.9. The number of primary amides is 1. The highest BCUT2D eigenvalue weighted by Gasteiger charge is 2.58. The fourth-order valence-electron chi connectivity index (χ4n) is 4.66. The van der Waals surface area contributed by atoms with Crippen molar-refractivity contribution >= 4 is 39.1 Å². The van der Waals surface area contributed by atoms with Gasteiger partial charge in [0.25, 0.3) is 5.91 Å². The first-order valence-electron chi connectivity index (χ1n) is 9.02. The van der Waals surface area contributed by atoms with Crippen molar-refractivity contribution in [3.05, 3.63) is 46.4 Å². The van der Waals surface area contributed by atoms with Gasteiger partial charge < -0.3 is 10.6 Å². The minimum atomic E-state index is -0.634. The first-order chi connectivity index (χ1) is 12.8. The number of thiazole rings is 1. The fraction of sp³-hybridized carbons (Fsp3) is 0.400. The van der Waals surface area contributed by atoms with E-state index in [0.717, 1.165) is 39.2 Å². The van der Waals surface area contributed by atoms with Crippen LogP contribution in [0.2, 0.25) is 0 Å². The van der Waals surface area contributed by atoms with Crippen molar-refractivity contribution in [2.24, 2.45) is 11.1 Å². The Bertz CT molecular complexity index is 910. The maximum Gasteiger partial charge on any atom is 0.274 e. The highest BCUT2D eigenvalue weighted by Crippen LogP contribution is 2.51. The Hall–Kier alpha value is -1.73. The lowest BCUT2D eigenvalue weighted by Crippen LogP contribution is -2.46. The number of hydrogen-bond acceptors (Lipinski definition) is 4. The Kier molecular flexibility index (Phi) is 4.63. The van der Waals surface area contributed by atoms with Gasteiger partial charge in [-0.2, -0.15) is 0 Å². The Morgan fingerprint density at radius 1 is 1.37 bits per heavy atom. The van der Waals surface area contributed by atoms with Crippen molar-refractivity contribution in [1.82, 2.24) is 9.88 Å². The third-order valence-corrected chi connectivity index (χ3v) is 7.38.